The third kappa shape index (κ3) is 2.76. The van der Waals surface area contributed by atoms with Crippen molar-refractivity contribution in [3.8, 4) is 11.4 Å². The first-order valence-electron chi connectivity index (χ1n) is 7.57. The Morgan fingerprint density at radius 1 is 1.30 bits per heavy atom. The van der Waals surface area contributed by atoms with Crippen molar-refractivity contribution in [1.29, 1.82) is 0 Å². The third-order valence-electron chi connectivity index (χ3n) is 4.30. The smallest absolute Gasteiger partial charge is 0.229 e. The number of hydrogen-bond acceptors (Lipinski definition) is 5. The molecule has 8 heteroatoms. The first-order valence-corrected chi connectivity index (χ1v) is 9.01. The van der Waals surface area contributed by atoms with Crippen LogP contribution >= 0.6 is 0 Å². The summed E-state index contributed by atoms with van der Waals surface area (Å²) in [4.78, 5) is 0.278. The lowest BCUT2D eigenvalue weighted by Crippen LogP contribution is -2.42. The maximum atomic E-state index is 13.1. The monoisotopic (exact) mass is 335 g/mol. The fourth-order valence-electron chi connectivity index (χ4n) is 3.37. The summed E-state index contributed by atoms with van der Waals surface area (Å²) in [7, 11) is -1.83. The maximum Gasteiger partial charge on any atom is 0.243 e. The zero-order valence-electron chi connectivity index (χ0n) is 13.8. The van der Waals surface area contributed by atoms with Gasteiger partial charge in [0, 0.05) is 24.7 Å². The van der Waals surface area contributed by atoms with Gasteiger partial charge < -0.3 is 0 Å². The van der Waals surface area contributed by atoms with Crippen molar-refractivity contribution in [1.82, 2.24) is 24.5 Å². The molecule has 1 aliphatic heterocycles. The lowest BCUT2D eigenvalue weighted by molar-refractivity contribution is 0.291. The van der Waals surface area contributed by atoms with Gasteiger partial charge in [-0.15, -0.1) is 5.10 Å². The lowest BCUT2D eigenvalue weighted by atomic mass is 9.99. The second kappa shape index (κ2) is 5.38. The molecule has 3 rings (SSSR count). The fraction of sp³-hybridized carbons (Fsp3) is 0.533. The highest BCUT2D eigenvalue weighted by Gasteiger charge is 2.44. The van der Waals surface area contributed by atoms with Crippen molar-refractivity contribution in [3.05, 3.63) is 24.3 Å². The number of aryl methyl sites for hydroxylation is 1. The molecule has 1 saturated heterocycles. The summed E-state index contributed by atoms with van der Waals surface area (Å²) in [6, 6.07) is 6.80. The average molecular weight is 335 g/mol. The standard InChI is InChI=1S/C15H21N5O2S/c1-11-9-15(2,3)20(10-11)23(21,22)13-7-5-6-12(8-13)14-16-17-18-19(14)4/h5-8,11H,9-10H2,1-4H3. The molecule has 0 N–H and O–H groups in total. The van der Waals surface area contributed by atoms with Crippen molar-refractivity contribution in [3.63, 3.8) is 0 Å². The highest BCUT2D eigenvalue weighted by molar-refractivity contribution is 7.89. The molecule has 1 unspecified atom stereocenters. The molecule has 1 aromatic carbocycles. The number of rotatable bonds is 3. The summed E-state index contributed by atoms with van der Waals surface area (Å²) in [5.74, 6) is 0.891. The SMILES string of the molecule is CC1CN(S(=O)(=O)c2cccc(-c3nnnn3C)c2)C(C)(C)C1. The largest absolute Gasteiger partial charge is 0.243 e. The molecule has 124 valence electrons. The quantitative estimate of drug-likeness (QED) is 0.852. The van der Waals surface area contributed by atoms with E-state index in [9.17, 15) is 8.42 Å². The van der Waals surface area contributed by atoms with Crippen LogP contribution < -0.4 is 0 Å². The highest BCUT2D eigenvalue weighted by Crippen LogP contribution is 2.37. The molecule has 2 heterocycles. The Kier molecular flexibility index (Phi) is 3.76. The van der Waals surface area contributed by atoms with Gasteiger partial charge in [-0.1, -0.05) is 19.1 Å². The van der Waals surface area contributed by atoms with E-state index in [0.29, 0.717) is 23.9 Å². The predicted molar refractivity (Wildman–Crippen MR) is 86.0 cm³/mol. The molecule has 1 aromatic heterocycles. The first kappa shape index (κ1) is 16.1. The van der Waals surface area contributed by atoms with Gasteiger partial charge in [0.1, 0.15) is 0 Å². The lowest BCUT2D eigenvalue weighted by Gasteiger charge is -2.30. The Morgan fingerprint density at radius 3 is 2.61 bits per heavy atom. The summed E-state index contributed by atoms with van der Waals surface area (Å²) in [5, 5.41) is 11.3. The van der Waals surface area contributed by atoms with Crippen LogP contribution in [0.25, 0.3) is 11.4 Å². The number of nitrogens with zero attached hydrogens (tertiary/aromatic N) is 5. The van der Waals surface area contributed by atoms with Crippen LogP contribution in [0.4, 0.5) is 0 Å². The van der Waals surface area contributed by atoms with Crippen molar-refractivity contribution in [2.24, 2.45) is 13.0 Å². The molecule has 0 radical (unpaired) electrons. The van der Waals surface area contributed by atoms with E-state index < -0.39 is 10.0 Å². The molecule has 23 heavy (non-hydrogen) atoms. The predicted octanol–water partition coefficient (Wildman–Crippen LogP) is 1.69. The van der Waals surface area contributed by atoms with Gasteiger partial charge in [-0.25, -0.2) is 13.1 Å². The van der Waals surface area contributed by atoms with Gasteiger partial charge in [0.15, 0.2) is 5.82 Å². The average Bonchev–Trinajstić information content (AvgIpc) is 3.01. The van der Waals surface area contributed by atoms with Crippen LogP contribution in [0.15, 0.2) is 29.2 Å². The van der Waals surface area contributed by atoms with Crippen LogP contribution in [0, 0.1) is 5.92 Å². The van der Waals surface area contributed by atoms with Crippen LogP contribution in [-0.2, 0) is 17.1 Å². The fourth-order valence-corrected chi connectivity index (χ4v) is 5.33. The van der Waals surface area contributed by atoms with Gasteiger partial charge in [0.2, 0.25) is 10.0 Å². The molecule has 7 nitrogen and oxygen atoms in total. The van der Waals surface area contributed by atoms with Crippen LogP contribution in [-0.4, -0.2) is 45.0 Å². The topological polar surface area (TPSA) is 81.0 Å². The van der Waals surface area contributed by atoms with Gasteiger partial charge in [0.25, 0.3) is 0 Å². The summed E-state index contributed by atoms with van der Waals surface area (Å²) in [6.45, 7) is 6.58. The molecule has 0 spiro atoms. The molecule has 1 atom stereocenters. The van der Waals surface area contributed by atoms with Gasteiger partial charge in [-0.2, -0.15) is 4.31 Å². The molecule has 2 aromatic rings. The zero-order chi connectivity index (χ0) is 16.8. The van der Waals surface area contributed by atoms with E-state index in [1.165, 1.54) is 4.68 Å². The molecule has 0 saturated carbocycles. The summed E-state index contributed by atoms with van der Waals surface area (Å²) < 4.78 is 29.3. The van der Waals surface area contributed by atoms with Gasteiger partial charge in [-0.05, 0) is 48.7 Å². The number of sulfonamides is 1. The number of tetrazole rings is 1. The second-order valence-electron chi connectivity index (χ2n) is 6.81. The molecular formula is C15H21N5O2S. The Balaban J connectivity index is 2.03. The number of hydrogen-bond donors (Lipinski definition) is 0. The summed E-state index contributed by atoms with van der Waals surface area (Å²) in [5.41, 5.74) is 0.309. The molecule has 0 aliphatic carbocycles. The summed E-state index contributed by atoms with van der Waals surface area (Å²) >= 11 is 0. The first-order chi connectivity index (χ1) is 10.7. The van der Waals surface area contributed by atoms with Gasteiger partial charge in [0.05, 0.1) is 4.90 Å². The van der Waals surface area contributed by atoms with Crippen molar-refractivity contribution >= 4 is 10.0 Å². The number of aromatic nitrogens is 4. The highest BCUT2D eigenvalue weighted by atomic mass is 32.2. The Bertz CT molecular complexity index is 828. The maximum absolute atomic E-state index is 13.1. The van der Waals surface area contributed by atoms with E-state index in [1.54, 1.807) is 29.6 Å². The van der Waals surface area contributed by atoms with E-state index in [1.807, 2.05) is 19.9 Å². The molecule has 1 aliphatic rings. The Labute approximate surface area is 136 Å². The van der Waals surface area contributed by atoms with E-state index in [4.69, 9.17) is 0 Å². The van der Waals surface area contributed by atoms with E-state index in [-0.39, 0.29) is 10.4 Å². The Morgan fingerprint density at radius 2 is 2.04 bits per heavy atom. The second-order valence-corrected chi connectivity index (χ2v) is 8.67. The van der Waals surface area contributed by atoms with Crippen molar-refractivity contribution < 1.29 is 8.42 Å². The Hall–Kier alpha value is -1.80. The minimum atomic E-state index is -3.55. The van der Waals surface area contributed by atoms with Crippen molar-refractivity contribution in [2.75, 3.05) is 6.54 Å². The summed E-state index contributed by atoms with van der Waals surface area (Å²) in [6.07, 6.45) is 0.860. The minimum Gasteiger partial charge on any atom is -0.229 e. The molecular weight excluding hydrogens is 314 g/mol. The van der Waals surface area contributed by atoms with Crippen LogP contribution in [0.5, 0.6) is 0 Å². The zero-order valence-corrected chi connectivity index (χ0v) is 14.6. The van der Waals surface area contributed by atoms with Crippen LogP contribution in [0.3, 0.4) is 0 Å². The minimum absolute atomic E-state index is 0.278. The van der Waals surface area contributed by atoms with E-state index in [2.05, 4.69) is 22.4 Å². The third-order valence-corrected chi connectivity index (χ3v) is 6.37. The molecule has 0 amide bonds. The van der Waals surface area contributed by atoms with E-state index in [0.717, 1.165) is 6.42 Å². The van der Waals surface area contributed by atoms with Crippen molar-refractivity contribution in [2.45, 2.75) is 37.6 Å². The number of benzene rings is 1. The molecule has 0 bridgehead atoms. The van der Waals surface area contributed by atoms with Crippen LogP contribution in [0.2, 0.25) is 0 Å². The van der Waals surface area contributed by atoms with Gasteiger partial charge >= 0.3 is 0 Å². The molecule has 1 fully saturated rings. The van der Waals surface area contributed by atoms with Crippen LogP contribution in [0.1, 0.15) is 27.2 Å². The van der Waals surface area contributed by atoms with E-state index >= 15 is 0 Å². The normalized spacial score (nSPS) is 21.7. The van der Waals surface area contributed by atoms with Gasteiger partial charge in [-0.3, -0.25) is 0 Å².